The van der Waals surface area contributed by atoms with E-state index in [4.69, 9.17) is 0 Å². The molecule has 2 N–H and O–H groups in total. The highest BCUT2D eigenvalue weighted by Gasteiger charge is 2.30. The van der Waals surface area contributed by atoms with Crippen LogP contribution in [0.1, 0.15) is 45.6 Å². The summed E-state index contributed by atoms with van der Waals surface area (Å²) in [6, 6.07) is 9.71. The Labute approximate surface area is 116 Å². The van der Waals surface area contributed by atoms with E-state index in [1.807, 2.05) is 30.3 Å². The van der Waals surface area contributed by atoms with Crippen LogP contribution < -0.4 is 5.32 Å². The standard InChI is InChI=1S/C16H25NO2/c1-4-5-11-14(15(18)16(2,3)19)17-12-13-9-7-6-8-10-13/h6-10,14,17,19H,4-5,11-12H2,1-3H3. The van der Waals surface area contributed by atoms with E-state index >= 15 is 0 Å². The van der Waals surface area contributed by atoms with Gasteiger partial charge in [0.15, 0.2) is 5.78 Å². The lowest BCUT2D eigenvalue weighted by molar-refractivity contribution is -0.136. The zero-order valence-electron chi connectivity index (χ0n) is 12.1. The summed E-state index contributed by atoms with van der Waals surface area (Å²) in [5, 5.41) is 13.1. The fraction of sp³-hybridized carbons (Fsp3) is 0.562. The number of benzene rings is 1. The molecule has 0 radical (unpaired) electrons. The van der Waals surface area contributed by atoms with E-state index in [2.05, 4.69) is 12.2 Å². The van der Waals surface area contributed by atoms with Crippen molar-refractivity contribution in [3.8, 4) is 0 Å². The molecule has 0 aromatic heterocycles. The van der Waals surface area contributed by atoms with E-state index in [0.29, 0.717) is 6.54 Å². The monoisotopic (exact) mass is 263 g/mol. The Morgan fingerprint density at radius 2 is 1.95 bits per heavy atom. The van der Waals surface area contributed by atoms with Gasteiger partial charge in [0, 0.05) is 6.54 Å². The van der Waals surface area contributed by atoms with E-state index in [0.717, 1.165) is 24.8 Å². The maximum atomic E-state index is 12.2. The molecule has 1 unspecified atom stereocenters. The number of nitrogens with one attached hydrogen (secondary N) is 1. The number of rotatable bonds is 8. The van der Waals surface area contributed by atoms with Crippen molar-refractivity contribution in [3.05, 3.63) is 35.9 Å². The van der Waals surface area contributed by atoms with Crippen molar-refractivity contribution in [2.75, 3.05) is 0 Å². The van der Waals surface area contributed by atoms with Crippen LogP contribution in [0, 0.1) is 0 Å². The first kappa shape index (κ1) is 15.9. The lowest BCUT2D eigenvalue weighted by Gasteiger charge is -2.24. The third kappa shape index (κ3) is 5.53. The summed E-state index contributed by atoms with van der Waals surface area (Å²) in [4.78, 5) is 12.2. The van der Waals surface area contributed by atoms with Crippen LogP contribution in [0.25, 0.3) is 0 Å². The summed E-state index contributed by atoms with van der Waals surface area (Å²) in [6.45, 7) is 5.86. The minimum absolute atomic E-state index is 0.128. The smallest absolute Gasteiger partial charge is 0.180 e. The van der Waals surface area contributed by atoms with Gasteiger partial charge in [0.25, 0.3) is 0 Å². The van der Waals surface area contributed by atoms with E-state index < -0.39 is 5.60 Å². The normalized spacial score (nSPS) is 13.3. The number of carbonyl (C=O) groups is 1. The SMILES string of the molecule is CCCCC(NCc1ccccc1)C(=O)C(C)(C)O. The minimum atomic E-state index is -1.28. The molecule has 0 heterocycles. The molecule has 0 aliphatic rings. The van der Waals surface area contributed by atoms with Crippen LogP contribution in [0.4, 0.5) is 0 Å². The van der Waals surface area contributed by atoms with Crippen molar-refractivity contribution in [3.63, 3.8) is 0 Å². The maximum Gasteiger partial charge on any atom is 0.180 e. The molecule has 1 aromatic rings. The highest BCUT2D eigenvalue weighted by Crippen LogP contribution is 2.12. The van der Waals surface area contributed by atoms with Crippen molar-refractivity contribution in [1.29, 1.82) is 0 Å². The van der Waals surface area contributed by atoms with E-state index in [1.165, 1.54) is 0 Å². The molecule has 1 rings (SSSR count). The average molecular weight is 263 g/mol. The van der Waals surface area contributed by atoms with Gasteiger partial charge in [0.1, 0.15) is 5.60 Å². The molecule has 3 heteroatoms. The predicted octanol–water partition coefficient (Wildman–Crippen LogP) is 2.68. The first-order valence-electron chi connectivity index (χ1n) is 6.99. The third-order valence-electron chi connectivity index (χ3n) is 3.16. The van der Waals surface area contributed by atoms with Gasteiger partial charge >= 0.3 is 0 Å². The molecular weight excluding hydrogens is 238 g/mol. The van der Waals surface area contributed by atoms with Gasteiger partial charge in [-0.05, 0) is 25.8 Å². The molecule has 0 spiro atoms. The highest BCUT2D eigenvalue weighted by molar-refractivity contribution is 5.91. The van der Waals surface area contributed by atoms with Crippen molar-refractivity contribution >= 4 is 5.78 Å². The fourth-order valence-electron chi connectivity index (χ4n) is 2.00. The second-order valence-electron chi connectivity index (χ2n) is 5.48. The quantitative estimate of drug-likeness (QED) is 0.758. The third-order valence-corrected chi connectivity index (χ3v) is 3.16. The van der Waals surface area contributed by atoms with Crippen molar-refractivity contribution < 1.29 is 9.90 Å². The van der Waals surface area contributed by atoms with Crippen molar-refractivity contribution in [1.82, 2.24) is 5.32 Å². The second-order valence-corrected chi connectivity index (χ2v) is 5.48. The van der Waals surface area contributed by atoms with Crippen molar-refractivity contribution in [2.45, 2.75) is 58.2 Å². The number of carbonyl (C=O) groups excluding carboxylic acids is 1. The van der Waals surface area contributed by atoms with Crippen LogP contribution in [-0.4, -0.2) is 22.5 Å². The molecule has 0 aliphatic heterocycles. The van der Waals surface area contributed by atoms with Crippen LogP contribution in [0.2, 0.25) is 0 Å². The van der Waals surface area contributed by atoms with Crippen LogP contribution in [-0.2, 0) is 11.3 Å². The van der Waals surface area contributed by atoms with Crippen molar-refractivity contribution in [2.24, 2.45) is 0 Å². The molecule has 106 valence electrons. The van der Waals surface area contributed by atoms with E-state index in [9.17, 15) is 9.90 Å². The second kappa shape index (κ2) is 7.41. The Bertz CT molecular complexity index is 381. The lowest BCUT2D eigenvalue weighted by atomic mass is 9.93. The van der Waals surface area contributed by atoms with Gasteiger partial charge in [-0.25, -0.2) is 0 Å². The largest absolute Gasteiger partial charge is 0.383 e. The number of unbranched alkanes of at least 4 members (excludes halogenated alkanes) is 1. The molecular formula is C16H25NO2. The van der Waals surface area contributed by atoms with Gasteiger partial charge in [-0.1, -0.05) is 50.1 Å². The Morgan fingerprint density at radius 3 is 2.47 bits per heavy atom. The maximum absolute atomic E-state index is 12.2. The van der Waals surface area contributed by atoms with Gasteiger partial charge in [0.05, 0.1) is 6.04 Å². The van der Waals surface area contributed by atoms with Crippen LogP contribution in [0.5, 0.6) is 0 Å². The number of Topliss-reactive ketones (excluding diaryl/α,β-unsaturated/α-hetero) is 1. The summed E-state index contributed by atoms with van der Waals surface area (Å²) in [5.74, 6) is -0.128. The summed E-state index contributed by atoms with van der Waals surface area (Å²) >= 11 is 0. The van der Waals surface area contributed by atoms with Gasteiger partial charge in [0.2, 0.25) is 0 Å². The van der Waals surface area contributed by atoms with Gasteiger partial charge in [-0.15, -0.1) is 0 Å². The van der Waals surface area contributed by atoms with Gasteiger partial charge in [-0.3, -0.25) is 4.79 Å². The molecule has 0 fully saturated rings. The molecule has 1 atom stereocenters. The molecule has 0 aliphatic carbocycles. The number of hydrogen-bond donors (Lipinski definition) is 2. The summed E-state index contributed by atoms with van der Waals surface area (Å²) in [5.41, 5.74) is -0.130. The number of hydrogen-bond acceptors (Lipinski definition) is 3. The number of aliphatic hydroxyl groups is 1. The zero-order valence-corrected chi connectivity index (χ0v) is 12.1. The molecule has 19 heavy (non-hydrogen) atoms. The molecule has 0 saturated heterocycles. The molecule has 0 saturated carbocycles. The molecule has 0 bridgehead atoms. The highest BCUT2D eigenvalue weighted by atomic mass is 16.3. The van der Waals surface area contributed by atoms with E-state index in [1.54, 1.807) is 13.8 Å². The van der Waals surface area contributed by atoms with Crippen LogP contribution >= 0.6 is 0 Å². The molecule has 1 aromatic carbocycles. The average Bonchev–Trinajstić information content (AvgIpc) is 2.38. The van der Waals surface area contributed by atoms with Gasteiger partial charge in [-0.2, -0.15) is 0 Å². The first-order valence-corrected chi connectivity index (χ1v) is 6.99. The summed E-state index contributed by atoms with van der Waals surface area (Å²) in [7, 11) is 0. The molecule has 0 amide bonds. The Balaban J connectivity index is 2.62. The zero-order chi connectivity index (χ0) is 14.3. The lowest BCUT2D eigenvalue weighted by Crippen LogP contribution is -2.47. The number of ketones is 1. The Kier molecular flexibility index (Phi) is 6.19. The van der Waals surface area contributed by atoms with Gasteiger partial charge < -0.3 is 10.4 Å². The topological polar surface area (TPSA) is 49.3 Å². The van der Waals surface area contributed by atoms with Crippen LogP contribution in [0.3, 0.4) is 0 Å². The molecule has 3 nitrogen and oxygen atoms in total. The predicted molar refractivity (Wildman–Crippen MR) is 77.9 cm³/mol. The minimum Gasteiger partial charge on any atom is -0.383 e. The van der Waals surface area contributed by atoms with Crippen LogP contribution in [0.15, 0.2) is 30.3 Å². The summed E-state index contributed by atoms with van der Waals surface area (Å²) < 4.78 is 0. The Hall–Kier alpha value is -1.19. The van der Waals surface area contributed by atoms with E-state index in [-0.39, 0.29) is 11.8 Å². The Morgan fingerprint density at radius 1 is 1.32 bits per heavy atom. The first-order chi connectivity index (χ1) is 8.95. The fourth-order valence-corrected chi connectivity index (χ4v) is 2.00. The summed E-state index contributed by atoms with van der Waals surface area (Å²) in [6.07, 6.45) is 2.79.